The molecule has 2 N–H and O–H groups in total. The van der Waals surface area contributed by atoms with Gasteiger partial charge in [0.1, 0.15) is 0 Å². The molecule has 0 saturated heterocycles. The fourth-order valence-electron chi connectivity index (χ4n) is 2.76. The van der Waals surface area contributed by atoms with E-state index in [2.05, 4.69) is 10.4 Å². The molecule has 0 aliphatic heterocycles. The second kappa shape index (κ2) is 6.10. The van der Waals surface area contributed by atoms with E-state index in [1.807, 2.05) is 36.5 Å². The molecule has 110 valence electrons. The highest BCUT2D eigenvalue weighted by molar-refractivity contribution is 5.97. The van der Waals surface area contributed by atoms with E-state index in [9.17, 15) is 9.90 Å². The van der Waals surface area contributed by atoms with Gasteiger partial charge in [0.15, 0.2) is 0 Å². The first-order valence-electron chi connectivity index (χ1n) is 7.32. The first kappa shape index (κ1) is 13.8. The lowest BCUT2D eigenvalue weighted by molar-refractivity contribution is 0.0867. The van der Waals surface area contributed by atoms with Gasteiger partial charge in [-0.3, -0.25) is 4.79 Å². The van der Waals surface area contributed by atoms with Crippen LogP contribution in [0.4, 0.5) is 0 Å². The molecule has 5 nitrogen and oxygen atoms in total. The maximum atomic E-state index is 12.5. The van der Waals surface area contributed by atoms with E-state index in [1.165, 1.54) is 0 Å². The third-order valence-corrected chi connectivity index (χ3v) is 3.93. The van der Waals surface area contributed by atoms with Crippen LogP contribution in [-0.4, -0.2) is 32.9 Å². The van der Waals surface area contributed by atoms with Crippen molar-refractivity contribution in [3.05, 3.63) is 48.3 Å². The number of benzene rings is 1. The number of nitrogens with zero attached hydrogens (tertiary/aromatic N) is 2. The minimum absolute atomic E-state index is 0.0810. The van der Waals surface area contributed by atoms with Crippen LogP contribution in [0.5, 0.6) is 0 Å². The number of aromatic nitrogens is 2. The van der Waals surface area contributed by atoms with Crippen LogP contribution in [0.15, 0.2) is 42.7 Å². The second-order valence-corrected chi connectivity index (χ2v) is 5.45. The van der Waals surface area contributed by atoms with E-state index >= 15 is 0 Å². The van der Waals surface area contributed by atoms with Crippen LogP contribution in [-0.2, 0) is 0 Å². The molecule has 21 heavy (non-hydrogen) atoms. The molecule has 0 radical (unpaired) electrons. The van der Waals surface area contributed by atoms with Gasteiger partial charge in [0.25, 0.3) is 5.91 Å². The molecular formula is C16H19N3O2. The van der Waals surface area contributed by atoms with Gasteiger partial charge in [0, 0.05) is 18.4 Å². The number of carbonyl (C=O) groups excluding carboxylic acids is 1. The van der Waals surface area contributed by atoms with Crippen LogP contribution in [0.25, 0.3) is 5.69 Å². The molecule has 1 fully saturated rings. The first-order valence-corrected chi connectivity index (χ1v) is 7.32. The van der Waals surface area contributed by atoms with E-state index < -0.39 is 0 Å². The summed E-state index contributed by atoms with van der Waals surface area (Å²) in [5, 5.41) is 16.8. The fourth-order valence-corrected chi connectivity index (χ4v) is 2.76. The topological polar surface area (TPSA) is 67.2 Å². The highest BCUT2D eigenvalue weighted by atomic mass is 16.3. The standard InChI is InChI=1S/C16H19N3O2/c20-13-8-6-12(7-9-13)18-16(21)14-4-1-2-5-15(14)19-11-3-10-17-19/h1-5,10-13,20H,6-9H2,(H,18,21). The first-order chi connectivity index (χ1) is 10.2. The lowest BCUT2D eigenvalue weighted by atomic mass is 9.93. The maximum Gasteiger partial charge on any atom is 0.253 e. The molecule has 2 aromatic rings. The van der Waals surface area contributed by atoms with Crippen LogP contribution < -0.4 is 5.32 Å². The molecule has 1 aromatic heterocycles. The van der Waals surface area contributed by atoms with Crippen molar-refractivity contribution in [2.75, 3.05) is 0 Å². The van der Waals surface area contributed by atoms with E-state index in [0.717, 1.165) is 31.4 Å². The average Bonchev–Trinajstić information content (AvgIpc) is 3.04. The third-order valence-electron chi connectivity index (χ3n) is 3.93. The number of nitrogens with one attached hydrogen (secondary N) is 1. The van der Waals surface area contributed by atoms with Gasteiger partial charge in [-0.1, -0.05) is 12.1 Å². The second-order valence-electron chi connectivity index (χ2n) is 5.45. The zero-order valence-corrected chi connectivity index (χ0v) is 11.8. The van der Waals surface area contributed by atoms with Gasteiger partial charge < -0.3 is 10.4 Å². The van der Waals surface area contributed by atoms with Crippen molar-refractivity contribution in [1.82, 2.24) is 15.1 Å². The van der Waals surface area contributed by atoms with Crippen molar-refractivity contribution < 1.29 is 9.90 Å². The number of hydrogen-bond acceptors (Lipinski definition) is 3. The van der Waals surface area contributed by atoms with Gasteiger partial charge in [-0.2, -0.15) is 5.10 Å². The van der Waals surface area contributed by atoms with Crippen LogP contribution in [0.1, 0.15) is 36.0 Å². The average molecular weight is 285 g/mol. The Morgan fingerprint density at radius 3 is 2.67 bits per heavy atom. The fraction of sp³-hybridized carbons (Fsp3) is 0.375. The minimum Gasteiger partial charge on any atom is -0.393 e. The van der Waals surface area contributed by atoms with Gasteiger partial charge in [-0.25, -0.2) is 4.68 Å². The van der Waals surface area contributed by atoms with Crippen molar-refractivity contribution >= 4 is 5.91 Å². The zero-order chi connectivity index (χ0) is 14.7. The molecule has 1 amide bonds. The summed E-state index contributed by atoms with van der Waals surface area (Å²) in [5.41, 5.74) is 1.39. The third kappa shape index (κ3) is 3.13. The van der Waals surface area contributed by atoms with E-state index in [4.69, 9.17) is 0 Å². The Balaban J connectivity index is 1.76. The predicted molar refractivity (Wildman–Crippen MR) is 79.3 cm³/mol. The Morgan fingerprint density at radius 2 is 1.95 bits per heavy atom. The van der Waals surface area contributed by atoms with Crippen LogP contribution in [0.3, 0.4) is 0 Å². The summed E-state index contributed by atoms with van der Waals surface area (Å²) in [4.78, 5) is 12.5. The molecule has 0 spiro atoms. The van der Waals surface area contributed by atoms with Crippen molar-refractivity contribution in [2.24, 2.45) is 0 Å². The lowest BCUT2D eigenvalue weighted by Gasteiger charge is -2.26. The summed E-state index contributed by atoms with van der Waals surface area (Å²) in [6, 6.07) is 9.41. The number of hydrogen-bond donors (Lipinski definition) is 2. The summed E-state index contributed by atoms with van der Waals surface area (Å²) in [6.07, 6.45) is 6.47. The smallest absolute Gasteiger partial charge is 0.253 e. The van der Waals surface area contributed by atoms with Crippen molar-refractivity contribution in [3.63, 3.8) is 0 Å². The predicted octanol–water partition coefficient (Wildman–Crippen LogP) is 1.91. The number of aliphatic hydroxyl groups is 1. The van der Waals surface area contributed by atoms with Crippen LogP contribution >= 0.6 is 0 Å². The Labute approximate surface area is 123 Å². The molecule has 1 heterocycles. The Morgan fingerprint density at radius 1 is 1.19 bits per heavy atom. The maximum absolute atomic E-state index is 12.5. The van der Waals surface area contributed by atoms with Gasteiger partial charge in [-0.05, 0) is 43.9 Å². The summed E-state index contributed by atoms with van der Waals surface area (Å²) < 4.78 is 1.69. The number of para-hydroxylation sites is 1. The Bertz CT molecular complexity index is 602. The molecule has 0 atom stereocenters. The van der Waals surface area contributed by atoms with Crippen LogP contribution in [0.2, 0.25) is 0 Å². The number of amides is 1. The molecule has 1 aliphatic rings. The largest absolute Gasteiger partial charge is 0.393 e. The molecule has 1 saturated carbocycles. The normalized spacial score (nSPS) is 22.0. The van der Waals surface area contributed by atoms with Crippen molar-refractivity contribution in [2.45, 2.75) is 37.8 Å². The highest BCUT2D eigenvalue weighted by Crippen LogP contribution is 2.20. The van der Waals surface area contributed by atoms with Crippen molar-refractivity contribution in [3.8, 4) is 5.69 Å². The number of carbonyl (C=O) groups is 1. The molecular weight excluding hydrogens is 266 g/mol. The molecule has 0 bridgehead atoms. The number of aliphatic hydroxyl groups excluding tert-OH is 1. The van der Waals surface area contributed by atoms with E-state index in [1.54, 1.807) is 10.9 Å². The zero-order valence-electron chi connectivity index (χ0n) is 11.8. The van der Waals surface area contributed by atoms with Gasteiger partial charge >= 0.3 is 0 Å². The molecule has 3 rings (SSSR count). The highest BCUT2D eigenvalue weighted by Gasteiger charge is 2.22. The van der Waals surface area contributed by atoms with E-state index in [-0.39, 0.29) is 18.1 Å². The quantitative estimate of drug-likeness (QED) is 0.905. The van der Waals surface area contributed by atoms with E-state index in [0.29, 0.717) is 5.56 Å². The summed E-state index contributed by atoms with van der Waals surface area (Å²) >= 11 is 0. The van der Waals surface area contributed by atoms with Crippen LogP contribution in [0, 0.1) is 0 Å². The monoisotopic (exact) mass is 285 g/mol. The summed E-state index contributed by atoms with van der Waals surface area (Å²) in [7, 11) is 0. The SMILES string of the molecule is O=C(NC1CCC(O)CC1)c1ccccc1-n1cccn1. The summed E-state index contributed by atoms with van der Waals surface area (Å²) in [5.74, 6) is -0.0810. The van der Waals surface area contributed by atoms with Gasteiger partial charge in [0.2, 0.25) is 0 Å². The Kier molecular flexibility index (Phi) is 4.01. The molecule has 0 unspecified atom stereocenters. The minimum atomic E-state index is -0.213. The van der Waals surface area contributed by atoms with Gasteiger partial charge in [-0.15, -0.1) is 0 Å². The molecule has 1 aromatic carbocycles. The Hall–Kier alpha value is -2.14. The van der Waals surface area contributed by atoms with Crippen molar-refractivity contribution in [1.29, 1.82) is 0 Å². The molecule has 5 heteroatoms. The summed E-state index contributed by atoms with van der Waals surface area (Å²) in [6.45, 7) is 0. The lowest BCUT2D eigenvalue weighted by Crippen LogP contribution is -2.38. The van der Waals surface area contributed by atoms with Gasteiger partial charge in [0.05, 0.1) is 17.4 Å². The number of rotatable bonds is 3. The molecule has 1 aliphatic carbocycles.